The van der Waals surface area contributed by atoms with Crippen molar-refractivity contribution in [1.29, 1.82) is 0 Å². The van der Waals surface area contributed by atoms with Crippen LogP contribution in [-0.4, -0.2) is 43.6 Å². The molecule has 0 atom stereocenters. The summed E-state index contributed by atoms with van der Waals surface area (Å²) in [5.74, 6) is -0.145. The van der Waals surface area contributed by atoms with Crippen molar-refractivity contribution in [2.75, 3.05) is 25.1 Å². The molecular formula is C20H27N3O4. The number of esters is 1. The number of hydrogen-bond donors (Lipinski definition) is 2. The van der Waals surface area contributed by atoms with E-state index in [9.17, 15) is 14.4 Å². The van der Waals surface area contributed by atoms with Gasteiger partial charge >= 0.3 is 12.0 Å². The van der Waals surface area contributed by atoms with Crippen molar-refractivity contribution in [3.05, 3.63) is 29.3 Å². The standard InChI is InChI=1S/C20H27N3O4/c1-13-6-8-20(9-7-13,18(25)27-3)22-17(24)15-4-5-16(14(2)12-15)23-11-10-21-19(23)26/h4-5,12-13H,6-11H2,1-3H3,(H,21,26)(H,22,24). The van der Waals surface area contributed by atoms with Gasteiger partial charge in [-0.2, -0.15) is 0 Å². The molecule has 7 heteroatoms. The molecule has 1 aliphatic heterocycles. The Morgan fingerprint density at radius 2 is 2.00 bits per heavy atom. The smallest absolute Gasteiger partial charge is 0.331 e. The third kappa shape index (κ3) is 3.77. The Morgan fingerprint density at radius 1 is 1.30 bits per heavy atom. The maximum Gasteiger partial charge on any atom is 0.331 e. The van der Waals surface area contributed by atoms with Gasteiger partial charge in [0.1, 0.15) is 5.54 Å². The van der Waals surface area contributed by atoms with Gasteiger partial charge in [0.25, 0.3) is 5.91 Å². The van der Waals surface area contributed by atoms with Crippen molar-refractivity contribution >= 4 is 23.6 Å². The molecule has 7 nitrogen and oxygen atoms in total. The lowest BCUT2D eigenvalue weighted by atomic mass is 9.77. The fourth-order valence-corrected chi connectivity index (χ4v) is 3.92. The summed E-state index contributed by atoms with van der Waals surface area (Å²) in [6, 6.07) is 5.10. The highest BCUT2D eigenvalue weighted by Crippen LogP contribution is 2.33. The Hall–Kier alpha value is -2.57. The maximum absolute atomic E-state index is 12.9. The summed E-state index contributed by atoms with van der Waals surface area (Å²) in [7, 11) is 1.36. The summed E-state index contributed by atoms with van der Waals surface area (Å²) >= 11 is 0. The second-order valence-corrected chi connectivity index (χ2v) is 7.60. The van der Waals surface area contributed by atoms with Crippen LogP contribution in [0.25, 0.3) is 0 Å². The lowest BCUT2D eigenvalue weighted by molar-refractivity contribution is -0.150. The molecule has 0 bridgehead atoms. The minimum Gasteiger partial charge on any atom is -0.467 e. The number of benzene rings is 1. The number of carbonyl (C=O) groups excluding carboxylic acids is 3. The quantitative estimate of drug-likeness (QED) is 0.793. The molecule has 1 saturated heterocycles. The highest BCUT2D eigenvalue weighted by Gasteiger charge is 2.43. The number of rotatable bonds is 4. The van der Waals surface area contributed by atoms with Gasteiger partial charge < -0.3 is 15.4 Å². The van der Waals surface area contributed by atoms with Gasteiger partial charge in [0.15, 0.2) is 0 Å². The van der Waals surface area contributed by atoms with E-state index in [1.807, 2.05) is 6.92 Å². The third-order valence-corrected chi connectivity index (χ3v) is 5.66. The first kappa shape index (κ1) is 19.2. The summed E-state index contributed by atoms with van der Waals surface area (Å²) < 4.78 is 4.98. The topological polar surface area (TPSA) is 87.7 Å². The van der Waals surface area contributed by atoms with E-state index in [4.69, 9.17) is 4.74 Å². The summed E-state index contributed by atoms with van der Waals surface area (Å²) in [6.07, 6.45) is 2.91. The lowest BCUT2D eigenvalue weighted by Gasteiger charge is -2.37. The Balaban J connectivity index is 1.79. The van der Waals surface area contributed by atoms with Crippen molar-refractivity contribution in [3.8, 4) is 0 Å². The van der Waals surface area contributed by atoms with Gasteiger partial charge in [-0.05, 0) is 62.3 Å². The monoisotopic (exact) mass is 373 g/mol. The Bertz CT molecular complexity index is 754. The number of carbonyl (C=O) groups is 3. The van der Waals surface area contributed by atoms with Gasteiger partial charge in [0.2, 0.25) is 0 Å². The average Bonchev–Trinajstić information content (AvgIpc) is 3.08. The SMILES string of the molecule is COC(=O)C1(NC(=O)c2ccc(N3CCNC3=O)c(C)c2)CCC(C)CC1. The minimum absolute atomic E-state index is 0.128. The maximum atomic E-state index is 12.9. The largest absolute Gasteiger partial charge is 0.467 e. The molecule has 1 aliphatic carbocycles. The van der Waals surface area contributed by atoms with Gasteiger partial charge in [0, 0.05) is 24.3 Å². The second kappa shape index (κ2) is 7.58. The number of aryl methyl sites for hydroxylation is 1. The van der Waals surface area contributed by atoms with Gasteiger partial charge in [-0.3, -0.25) is 9.69 Å². The first-order valence-corrected chi connectivity index (χ1v) is 9.43. The van der Waals surface area contributed by atoms with Crippen LogP contribution in [0.15, 0.2) is 18.2 Å². The van der Waals surface area contributed by atoms with Crippen LogP contribution in [0, 0.1) is 12.8 Å². The molecule has 2 N–H and O–H groups in total. The zero-order valence-corrected chi connectivity index (χ0v) is 16.1. The van der Waals surface area contributed by atoms with Crippen molar-refractivity contribution in [2.24, 2.45) is 5.92 Å². The molecular weight excluding hydrogens is 346 g/mol. The minimum atomic E-state index is -0.959. The summed E-state index contributed by atoms with van der Waals surface area (Å²) in [5.41, 5.74) is 1.14. The Morgan fingerprint density at radius 3 is 2.56 bits per heavy atom. The van der Waals surface area contributed by atoms with Gasteiger partial charge in [-0.25, -0.2) is 9.59 Å². The molecule has 146 valence electrons. The fraction of sp³-hybridized carbons (Fsp3) is 0.550. The fourth-order valence-electron chi connectivity index (χ4n) is 3.92. The predicted octanol–water partition coefficient (Wildman–Crippen LogP) is 2.38. The number of nitrogens with zero attached hydrogens (tertiary/aromatic N) is 1. The van der Waals surface area contributed by atoms with E-state index in [0.717, 1.165) is 24.1 Å². The number of anilines is 1. The third-order valence-electron chi connectivity index (χ3n) is 5.66. The molecule has 3 amide bonds. The zero-order chi connectivity index (χ0) is 19.6. The van der Waals surface area contributed by atoms with Crippen LogP contribution in [0.2, 0.25) is 0 Å². The number of amides is 3. The normalized spacial score (nSPS) is 25.1. The zero-order valence-electron chi connectivity index (χ0n) is 16.1. The lowest BCUT2D eigenvalue weighted by Crippen LogP contribution is -2.56. The molecule has 0 spiro atoms. The van der Waals surface area contributed by atoms with Crippen LogP contribution in [0.5, 0.6) is 0 Å². The van der Waals surface area contributed by atoms with E-state index in [1.165, 1.54) is 7.11 Å². The van der Waals surface area contributed by atoms with E-state index in [0.29, 0.717) is 37.4 Å². The molecule has 27 heavy (non-hydrogen) atoms. The number of nitrogens with one attached hydrogen (secondary N) is 2. The van der Waals surface area contributed by atoms with Crippen LogP contribution in [-0.2, 0) is 9.53 Å². The molecule has 1 heterocycles. The van der Waals surface area contributed by atoms with E-state index in [2.05, 4.69) is 17.6 Å². The van der Waals surface area contributed by atoms with Crippen LogP contribution >= 0.6 is 0 Å². The van der Waals surface area contributed by atoms with Gasteiger partial charge in [-0.15, -0.1) is 0 Å². The van der Waals surface area contributed by atoms with Crippen LogP contribution in [0.1, 0.15) is 48.5 Å². The first-order chi connectivity index (χ1) is 12.9. The predicted molar refractivity (Wildman–Crippen MR) is 102 cm³/mol. The number of urea groups is 1. The van der Waals surface area contributed by atoms with E-state index in [1.54, 1.807) is 23.1 Å². The molecule has 0 aromatic heterocycles. The molecule has 2 aliphatic rings. The highest BCUT2D eigenvalue weighted by atomic mass is 16.5. The van der Waals surface area contributed by atoms with Crippen molar-refractivity contribution in [1.82, 2.24) is 10.6 Å². The average molecular weight is 373 g/mol. The van der Waals surface area contributed by atoms with Crippen LogP contribution in [0.4, 0.5) is 10.5 Å². The molecule has 1 aromatic carbocycles. The molecule has 1 aromatic rings. The molecule has 1 saturated carbocycles. The molecule has 0 unspecified atom stereocenters. The van der Waals surface area contributed by atoms with Crippen molar-refractivity contribution in [2.45, 2.75) is 45.1 Å². The van der Waals surface area contributed by atoms with Crippen LogP contribution < -0.4 is 15.5 Å². The molecule has 2 fully saturated rings. The second-order valence-electron chi connectivity index (χ2n) is 7.60. The molecule has 3 rings (SSSR count). The van der Waals surface area contributed by atoms with Crippen molar-refractivity contribution < 1.29 is 19.1 Å². The van der Waals surface area contributed by atoms with E-state index >= 15 is 0 Å². The summed E-state index contributed by atoms with van der Waals surface area (Å²) in [6.45, 7) is 5.24. The molecule has 0 radical (unpaired) electrons. The van der Waals surface area contributed by atoms with E-state index < -0.39 is 5.54 Å². The summed E-state index contributed by atoms with van der Waals surface area (Å²) in [5, 5.41) is 5.71. The van der Waals surface area contributed by atoms with Gasteiger partial charge in [-0.1, -0.05) is 6.92 Å². The number of methoxy groups -OCH3 is 1. The van der Waals surface area contributed by atoms with Crippen molar-refractivity contribution in [3.63, 3.8) is 0 Å². The van der Waals surface area contributed by atoms with Crippen LogP contribution in [0.3, 0.4) is 0 Å². The number of ether oxygens (including phenoxy) is 1. The van der Waals surface area contributed by atoms with Gasteiger partial charge in [0.05, 0.1) is 7.11 Å². The van der Waals surface area contributed by atoms with E-state index in [-0.39, 0.29) is 17.9 Å². The Kier molecular flexibility index (Phi) is 5.39. The highest BCUT2D eigenvalue weighted by molar-refractivity contribution is 6.00. The Labute approximate surface area is 159 Å². The first-order valence-electron chi connectivity index (χ1n) is 9.43. The number of hydrogen-bond acceptors (Lipinski definition) is 4. The summed E-state index contributed by atoms with van der Waals surface area (Å²) in [4.78, 5) is 38.8.